The predicted molar refractivity (Wildman–Crippen MR) is 72.5 cm³/mol. The van der Waals surface area contributed by atoms with Crippen LogP contribution in [-0.2, 0) is 0 Å². The number of hydrogen-bond acceptors (Lipinski definition) is 4. The van der Waals surface area contributed by atoms with Gasteiger partial charge >= 0.3 is 0 Å². The average Bonchev–Trinajstić information content (AvgIpc) is 3.27. The fourth-order valence-corrected chi connectivity index (χ4v) is 1.93. The number of nitrogens with two attached hydrogens (primary N) is 1. The Morgan fingerprint density at radius 1 is 1.42 bits per heavy atom. The molecule has 0 radical (unpaired) electrons. The molecule has 1 aliphatic rings. The first-order valence-electron chi connectivity index (χ1n) is 6.28. The minimum atomic E-state index is 0.0176. The molecule has 3 rings (SSSR count). The average molecular weight is 257 g/mol. The summed E-state index contributed by atoms with van der Waals surface area (Å²) in [5.41, 5.74) is 7.05. The van der Waals surface area contributed by atoms with Gasteiger partial charge in [-0.15, -0.1) is 0 Å². The topological polar surface area (TPSA) is 80.7 Å². The molecule has 5 nitrogen and oxygen atoms in total. The first-order valence-corrected chi connectivity index (χ1v) is 6.28. The van der Waals surface area contributed by atoms with Gasteiger partial charge in [0, 0.05) is 5.39 Å². The molecule has 19 heavy (non-hydrogen) atoms. The molecule has 1 aromatic heterocycles. The Balaban J connectivity index is 2.03. The van der Waals surface area contributed by atoms with E-state index in [1.807, 2.05) is 30.3 Å². The molecule has 1 aromatic carbocycles. The number of oxime groups is 1. The van der Waals surface area contributed by atoms with Crippen molar-refractivity contribution in [2.75, 3.05) is 6.61 Å². The lowest BCUT2D eigenvalue weighted by atomic mass is 10.1. The van der Waals surface area contributed by atoms with Crippen LogP contribution in [0.3, 0.4) is 0 Å². The standard InChI is InChI=1S/C14H15N3O2/c15-13(17-18)11-7-10-3-1-2-4-12(10)16-14(11)19-8-9-5-6-9/h1-4,7,9,18H,5-6,8H2,(H2,15,17). The lowest BCUT2D eigenvalue weighted by molar-refractivity contribution is 0.288. The second-order valence-electron chi connectivity index (χ2n) is 4.77. The number of ether oxygens (including phenoxy) is 1. The molecule has 1 aliphatic carbocycles. The number of aromatic nitrogens is 1. The highest BCUT2D eigenvalue weighted by Gasteiger charge is 2.23. The summed E-state index contributed by atoms with van der Waals surface area (Å²) < 4.78 is 5.71. The van der Waals surface area contributed by atoms with E-state index in [-0.39, 0.29) is 5.84 Å². The summed E-state index contributed by atoms with van der Waals surface area (Å²) in [4.78, 5) is 4.45. The maximum Gasteiger partial charge on any atom is 0.225 e. The smallest absolute Gasteiger partial charge is 0.225 e. The van der Waals surface area contributed by atoms with Crippen LogP contribution in [0.5, 0.6) is 5.88 Å². The number of hydrogen-bond donors (Lipinski definition) is 2. The summed E-state index contributed by atoms with van der Waals surface area (Å²) in [6, 6.07) is 9.52. The van der Waals surface area contributed by atoms with Crippen LogP contribution < -0.4 is 10.5 Å². The Bertz CT molecular complexity index is 636. The maximum absolute atomic E-state index is 8.85. The van der Waals surface area contributed by atoms with Crippen LogP contribution in [0.2, 0.25) is 0 Å². The van der Waals surface area contributed by atoms with Crippen LogP contribution in [0.1, 0.15) is 18.4 Å². The molecule has 0 aliphatic heterocycles. The number of para-hydroxylation sites is 1. The summed E-state index contributed by atoms with van der Waals surface area (Å²) in [5, 5.41) is 12.8. The molecule has 1 heterocycles. The molecular weight excluding hydrogens is 242 g/mol. The van der Waals surface area contributed by atoms with Crippen LogP contribution in [-0.4, -0.2) is 22.6 Å². The largest absolute Gasteiger partial charge is 0.477 e. The number of benzene rings is 1. The van der Waals surface area contributed by atoms with E-state index in [4.69, 9.17) is 15.7 Å². The molecule has 0 amide bonds. The molecule has 0 spiro atoms. The van der Waals surface area contributed by atoms with Gasteiger partial charge in [0.1, 0.15) is 0 Å². The van der Waals surface area contributed by atoms with Gasteiger partial charge in [-0.3, -0.25) is 0 Å². The Morgan fingerprint density at radius 2 is 2.21 bits per heavy atom. The van der Waals surface area contributed by atoms with Crippen LogP contribution in [0.15, 0.2) is 35.5 Å². The summed E-state index contributed by atoms with van der Waals surface area (Å²) in [6.45, 7) is 0.636. The Labute approximate surface area is 110 Å². The van der Waals surface area contributed by atoms with Crippen molar-refractivity contribution < 1.29 is 9.94 Å². The number of fused-ring (bicyclic) bond motifs is 1. The van der Waals surface area contributed by atoms with Crippen LogP contribution in [0, 0.1) is 5.92 Å². The highest BCUT2D eigenvalue weighted by molar-refractivity contribution is 6.02. The highest BCUT2D eigenvalue weighted by atomic mass is 16.5. The van der Waals surface area contributed by atoms with Gasteiger partial charge in [-0.05, 0) is 30.9 Å². The quantitative estimate of drug-likeness (QED) is 0.380. The minimum Gasteiger partial charge on any atom is -0.477 e. The van der Waals surface area contributed by atoms with Crippen molar-refractivity contribution in [1.29, 1.82) is 0 Å². The van der Waals surface area contributed by atoms with Gasteiger partial charge in [0.05, 0.1) is 17.7 Å². The van der Waals surface area contributed by atoms with Crippen LogP contribution in [0.4, 0.5) is 0 Å². The van der Waals surface area contributed by atoms with Gasteiger partial charge in [0.2, 0.25) is 5.88 Å². The first kappa shape index (κ1) is 11.8. The number of rotatable bonds is 4. The lowest BCUT2D eigenvalue weighted by Crippen LogP contribution is -2.16. The van der Waals surface area contributed by atoms with E-state index >= 15 is 0 Å². The fourth-order valence-electron chi connectivity index (χ4n) is 1.93. The molecule has 2 aromatic rings. The van der Waals surface area contributed by atoms with E-state index in [1.165, 1.54) is 12.8 Å². The molecule has 3 N–H and O–H groups in total. The maximum atomic E-state index is 8.85. The molecule has 0 unspecified atom stereocenters. The van der Waals surface area contributed by atoms with Gasteiger partial charge in [-0.25, -0.2) is 4.98 Å². The Kier molecular flexibility index (Phi) is 2.95. The third-order valence-corrected chi connectivity index (χ3v) is 3.23. The van der Waals surface area contributed by atoms with Gasteiger partial charge in [-0.1, -0.05) is 23.4 Å². The van der Waals surface area contributed by atoms with E-state index < -0.39 is 0 Å². The zero-order chi connectivity index (χ0) is 13.2. The Hall–Kier alpha value is -2.30. The normalized spacial score (nSPS) is 15.7. The Morgan fingerprint density at radius 3 is 2.95 bits per heavy atom. The van der Waals surface area contributed by atoms with Crippen molar-refractivity contribution in [2.24, 2.45) is 16.8 Å². The molecule has 0 atom stereocenters. The van der Waals surface area contributed by atoms with Crippen molar-refractivity contribution in [3.05, 3.63) is 35.9 Å². The van der Waals surface area contributed by atoms with Gasteiger partial charge in [-0.2, -0.15) is 0 Å². The molecule has 1 saturated carbocycles. The third kappa shape index (κ3) is 2.45. The molecule has 0 saturated heterocycles. The third-order valence-electron chi connectivity index (χ3n) is 3.23. The molecule has 5 heteroatoms. The lowest BCUT2D eigenvalue weighted by Gasteiger charge is -2.10. The van der Waals surface area contributed by atoms with E-state index in [0.717, 1.165) is 10.9 Å². The number of nitrogens with zero attached hydrogens (tertiary/aromatic N) is 2. The molecule has 98 valence electrons. The number of pyridine rings is 1. The second kappa shape index (κ2) is 4.76. The number of amidine groups is 1. The predicted octanol–water partition coefficient (Wildman–Crippen LogP) is 2.12. The van der Waals surface area contributed by atoms with Crippen molar-refractivity contribution >= 4 is 16.7 Å². The van der Waals surface area contributed by atoms with E-state index in [0.29, 0.717) is 24.0 Å². The van der Waals surface area contributed by atoms with Crippen LogP contribution >= 0.6 is 0 Å². The van der Waals surface area contributed by atoms with Crippen molar-refractivity contribution in [3.63, 3.8) is 0 Å². The SMILES string of the molecule is NC(=NO)c1cc2ccccc2nc1OCC1CC1. The zero-order valence-corrected chi connectivity index (χ0v) is 10.4. The van der Waals surface area contributed by atoms with E-state index in [9.17, 15) is 0 Å². The molecular formula is C14H15N3O2. The van der Waals surface area contributed by atoms with E-state index in [2.05, 4.69) is 10.1 Å². The molecule has 1 fully saturated rings. The van der Waals surface area contributed by atoms with E-state index in [1.54, 1.807) is 0 Å². The molecule has 0 bridgehead atoms. The summed E-state index contributed by atoms with van der Waals surface area (Å²) in [5.74, 6) is 1.07. The first-order chi connectivity index (χ1) is 9.28. The minimum absolute atomic E-state index is 0.0176. The van der Waals surface area contributed by atoms with Gasteiger partial charge in [0.15, 0.2) is 5.84 Å². The summed E-state index contributed by atoms with van der Waals surface area (Å²) >= 11 is 0. The van der Waals surface area contributed by atoms with Crippen molar-refractivity contribution in [1.82, 2.24) is 4.98 Å². The van der Waals surface area contributed by atoms with Crippen LogP contribution in [0.25, 0.3) is 10.9 Å². The highest BCUT2D eigenvalue weighted by Crippen LogP contribution is 2.30. The summed E-state index contributed by atoms with van der Waals surface area (Å²) in [7, 11) is 0. The summed E-state index contributed by atoms with van der Waals surface area (Å²) in [6.07, 6.45) is 2.40. The monoisotopic (exact) mass is 257 g/mol. The van der Waals surface area contributed by atoms with Gasteiger partial charge < -0.3 is 15.7 Å². The zero-order valence-electron chi connectivity index (χ0n) is 10.4. The van der Waals surface area contributed by atoms with Crippen molar-refractivity contribution in [2.45, 2.75) is 12.8 Å². The second-order valence-corrected chi connectivity index (χ2v) is 4.77. The fraction of sp³-hybridized carbons (Fsp3) is 0.286. The van der Waals surface area contributed by atoms with Gasteiger partial charge in [0.25, 0.3) is 0 Å². The van der Waals surface area contributed by atoms with Crippen molar-refractivity contribution in [3.8, 4) is 5.88 Å².